The number of anilines is 1. The van der Waals surface area contributed by atoms with Crippen molar-refractivity contribution in [1.82, 2.24) is 10.2 Å². The monoisotopic (exact) mass is 274 g/mol. The quantitative estimate of drug-likeness (QED) is 0.821. The van der Waals surface area contributed by atoms with Crippen molar-refractivity contribution >= 4 is 17.5 Å². The van der Waals surface area contributed by atoms with Crippen molar-refractivity contribution in [3.63, 3.8) is 0 Å². The topological polar surface area (TPSA) is 85.2 Å². The van der Waals surface area contributed by atoms with E-state index in [9.17, 15) is 9.59 Å². The number of rotatable bonds is 5. The van der Waals surface area contributed by atoms with E-state index in [4.69, 9.17) is 5.26 Å². The number of carbonyl (C=O) groups excluding carboxylic acids is 2. The second kappa shape index (κ2) is 7.26. The minimum atomic E-state index is -0.442. The lowest BCUT2D eigenvalue weighted by atomic mass is 10.2. The molecule has 0 saturated heterocycles. The van der Waals surface area contributed by atoms with Crippen LogP contribution < -0.4 is 10.6 Å². The summed E-state index contributed by atoms with van der Waals surface area (Å²) < 4.78 is 0. The van der Waals surface area contributed by atoms with Crippen LogP contribution in [0.5, 0.6) is 0 Å². The van der Waals surface area contributed by atoms with Gasteiger partial charge in [0.15, 0.2) is 0 Å². The van der Waals surface area contributed by atoms with Crippen molar-refractivity contribution < 1.29 is 9.59 Å². The third kappa shape index (κ3) is 4.37. The van der Waals surface area contributed by atoms with Gasteiger partial charge in [-0.15, -0.1) is 0 Å². The minimum absolute atomic E-state index is 0.148. The Bertz CT molecular complexity index is 519. The molecule has 1 unspecified atom stereocenters. The highest BCUT2D eigenvalue weighted by Gasteiger charge is 2.19. The fourth-order valence-corrected chi connectivity index (χ4v) is 1.52. The number of hydrogen-bond donors (Lipinski definition) is 2. The number of nitrogens with zero attached hydrogens (tertiary/aromatic N) is 2. The fourth-order valence-electron chi connectivity index (χ4n) is 1.52. The first kappa shape index (κ1) is 15.7. The Balaban J connectivity index is 2.60. The number of hydrogen-bond acceptors (Lipinski definition) is 4. The second-order valence-corrected chi connectivity index (χ2v) is 4.44. The highest BCUT2D eigenvalue weighted by atomic mass is 16.2. The summed E-state index contributed by atoms with van der Waals surface area (Å²) in [5.74, 6) is -0.355. The number of benzene rings is 1. The number of nitrogens with one attached hydrogen (secondary N) is 2. The molecule has 0 aromatic heterocycles. The van der Waals surface area contributed by atoms with Crippen molar-refractivity contribution in [3.05, 3.63) is 29.8 Å². The van der Waals surface area contributed by atoms with E-state index >= 15 is 0 Å². The van der Waals surface area contributed by atoms with Crippen LogP contribution in [0.3, 0.4) is 0 Å². The molecule has 1 rings (SSSR count). The summed E-state index contributed by atoms with van der Waals surface area (Å²) in [6.45, 7) is 1.88. The number of amides is 2. The summed E-state index contributed by atoms with van der Waals surface area (Å²) in [4.78, 5) is 24.9. The Morgan fingerprint density at radius 3 is 2.45 bits per heavy atom. The Morgan fingerprint density at radius 1 is 1.35 bits per heavy atom. The van der Waals surface area contributed by atoms with Gasteiger partial charge in [0.25, 0.3) is 0 Å². The highest BCUT2D eigenvalue weighted by Crippen LogP contribution is 2.10. The van der Waals surface area contributed by atoms with Gasteiger partial charge in [0, 0.05) is 12.7 Å². The first-order valence-electron chi connectivity index (χ1n) is 6.19. The molecule has 0 bridgehead atoms. The summed E-state index contributed by atoms with van der Waals surface area (Å²) in [6, 6.07) is 8.17. The van der Waals surface area contributed by atoms with Crippen molar-refractivity contribution in [2.24, 2.45) is 0 Å². The lowest BCUT2D eigenvalue weighted by molar-refractivity contribution is -0.124. The molecule has 0 heterocycles. The molecule has 20 heavy (non-hydrogen) atoms. The van der Waals surface area contributed by atoms with Crippen LogP contribution in [0.2, 0.25) is 0 Å². The molecule has 0 radical (unpaired) electrons. The molecule has 0 aliphatic heterocycles. The van der Waals surface area contributed by atoms with E-state index in [2.05, 4.69) is 10.6 Å². The molecule has 106 valence electrons. The molecule has 0 aliphatic rings. The van der Waals surface area contributed by atoms with Crippen molar-refractivity contribution in [2.75, 3.05) is 26.0 Å². The second-order valence-electron chi connectivity index (χ2n) is 4.44. The lowest BCUT2D eigenvalue weighted by Crippen LogP contribution is -2.44. The van der Waals surface area contributed by atoms with Gasteiger partial charge in [0.2, 0.25) is 11.8 Å². The van der Waals surface area contributed by atoms with E-state index in [-0.39, 0.29) is 18.4 Å². The van der Waals surface area contributed by atoms with Crippen molar-refractivity contribution in [1.29, 1.82) is 5.26 Å². The van der Waals surface area contributed by atoms with E-state index in [1.54, 1.807) is 50.2 Å². The van der Waals surface area contributed by atoms with Gasteiger partial charge < -0.3 is 10.6 Å². The molecule has 2 N–H and O–H groups in total. The van der Waals surface area contributed by atoms with Crippen LogP contribution in [0.4, 0.5) is 5.69 Å². The van der Waals surface area contributed by atoms with Crippen LogP contribution >= 0.6 is 0 Å². The SMILES string of the molecule is CNC(=O)CN(C)C(C)C(=O)Nc1ccc(C#N)cc1. The largest absolute Gasteiger partial charge is 0.358 e. The van der Waals surface area contributed by atoms with E-state index in [0.29, 0.717) is 11.3 Å². The highest BCUT2D eigenvalue weighted by molar-refractivity contribution is 5.94. The zero-order valence-electron chi connectivity index (χ0n) is 11.8. The summed E-state index contributed by atoms with van der Waals surface area (Å²) in [5, 5.41) is 13.9. The predicted molar refractivity (Wildman–Crippen MR) is 75.9 cm³/mol. The molecule has 2 amide bonds. The van der Waals surface area contributed by atoms with Crippen molar-refractivity contribution in [3.8, 4) is 6.07 Å². The van der Waals surface area contributed by atoms with Gasteiger partial charge in [-0.25, -0.2) is 0 Å². The molecule has 6 nitrogen and oxygen atoms in total. The van der Waals surface area contributed by atoms with Crippen LogP contribution in [0.15, 0.2) is 24.3 Å². The summed E-state index contributed by atoms with van der Waals surface area (Å²) in [5.41, 5.74) is 1.15. The van der Waals surface area contributed by atoms with Gasteiger partial charge >= 0.3 is 0 Å². The van der Waals surface area contributed by atoms with Gasteiger partial charge in [0.1, 0.15) is 0 Å². The molecule has 0 aliphatic carbocycles. The van der Waals surface area contributed by atoms with Gasteiger partial charge in [-0.05, 0) is 38.2 Å². The predicted octanol–water partition coefficient (Wildman–Crippen LogP) is 0.563. The van der Waals surface area contributed by atoms with Gasteiger partial charge in [-0.3, -0.25) is 14.5 Å². The van der Waals surface area contributed by atoms with E-state index in [1.165, 1.54) is 0 Å². The maximum absolute atomic E-state index is 12.0. The zero-order chi connectivity index (χ0) is 15.1. The number of nitriles is 1. The van der Waals surface area contributed by atoms with Crippen LogP contribution in [0.1, 0.15) is 12.5 Å². The molecule has 0 fully saturated rings. The van der Waals surface area contributed by atoms with Crippen molar-refractivity contribution in [2.45, 2.75) is 13.0 Å². The summed E-state index contributed by atoms with van der Waals surface area (Å²) in [6.07, 6.45) is 0. The Kier molecular flexibility index (Phi) is 5.69. The summed E-state index contributed by atoms with van der Waals surface area (Å²) in [7, 11) is 3.26. The molecular weight excluding hydrogens is 256 g/mol. The Labute approximate surface area is 118 Å². The zero-order valence-corrected chi connectivity index (χ0v) is 11.8. The standard InChI is InChI=1S/C14H18N4O2/c1-10(18(3)9-13(19)16-2)14(20)17-12-6-4-11(8-15)5-7-12/h4-7,10H,9H2,1-3H3,(H,16,19)(H,17,20). The average Bonchev–Trinajstić information content (AvgIpc) is 2.46. The average molecular weight is 274 g/mol. The molecule has 0 spiro atoms. The van der Waals surface area contributed by atoms with E-state index < -0.39 is 6.04 Å². The summed E-state index contributed by atoms with van der Waals surface area (Å²) >= 11 is 0. The smallest absolute Gasteiger partial charge is 0.241 e. The Hall–Kier alpha value is -2.39. The van der Waals surface area contributed by atoms with Gasteiger partial charge in [0.05, 0.1) is 24.2 Å². The molecular formula is C14H18N4O2. The first-order chi connectivity index (χ1) is 9.47. The number of likely N-dealkylation sites (N-methyl/N-ethyl adjacent to an activating group) is 2. The number of carbonyl (C=O) groups is 2. The maximum atomic E-state index is 12.0. The molecule has 1 aromatic rings. The molecule has 1 atom stereocenters. The normalized spacial score (nSPS) is 11.6. The van der Waals surface area contributed by atoms with E-state index in [1.807, 2.05) is 6.07 Å². The lowest BCUT2D eigenvalue weighted by Gasteiger charge is -2.22. The molecule has 0 saturated carbocycles. The third-order valence-corrected chi connectivity index (χ3v) is 2.99. The molecule has 1 aromatic carbocycles. The Morgan fingerprint density at radius 2 is 1.95 bits per heavy atom. The van der Waals surface area contributed by atoms with E-state index in [0.717, 1.165) is 0 Å². The van der Waals surface area contributed by atoms with Crippen LogP contribution in [-0.2, 0) is 9.59 Å². The van der Waals surface area contributed by atoms with Gasteiger partial charge in [-0.2, -0.15) is 5.26 Å². The van der Waals surface area contributed by atoms with Crippen LogP contribution in [-0.4, -0.2) is 43.4 Å². The third-order valence-electron chi connectivity index (χ3n) is 2.99. The van der Waals surface area contributed by atoms with Gasteiger partial charge in [-0.1, -0.05) is 0 Å². The minimum Gasteiger partial charge on any atom is -0.358 e. The molecule has 6 heteroatoms. The van der Waals surface area contributed by atoms with Crippen LogP contribution in [0, 0.1) is 11.3 Å². The van der Waals surface area contributed by atoms with Crippen LogP contribution in [0.25, 0.3) is 0 Å². The first-order valence-corrected chi connectivity index (χ1v) is 6.19. The maximum Gasteiger partial charge on any atom is 0.241 e. The fraction of sp³-hybridized carbons (Fsp3) is 0.357.